The minimum absolute atomic E-state index is 0.0623. The number of halogens is 2. The van der Waals surface area contributed by atoms with Crippen LogP contribution in [0.3, 0.4) is 0 Å². The van der Waals surface area contributed by atoms with E-state index in [4.69, 9.17) is 16.3 Å². The maximum Gasteiger partial charge on any atom is 0.223 e. The molecule has 1 aromatic carbocycles. The van der Waals surface area contributed by atoms with Gasteiger partial charge in [-0.05, 0) is 24.6 Å². The van der Waals surface area contributed by atoms with Gasteiger partial charge in [0.25, 0.3) is 0 Å². The third-order valence-electron chi connectivity index (χ3n) is 3.00. The lowest BCUT2D eigenvalue weighted by Gasteiger charge is -2.21. The van der Waals surface area contributed by atoms with Gasteiger partial charge in [0.1, 0.15) is 5.82 Å². The molecule has 122 valence electrons. The van der Waals surface area contributed by atoms with Crippen molar-refractivity contribution < 1.29 is 18.7 Å². The lowest BCUT2D eigenvalue weighted by atomic mass is 10.2. The lowest BCUT2D eigenvalue weighted by Crippen LogP contribution is -2.34. The summed E-state index contributed by atoms with van der Waals surface area (Å²) in [5, 5.41) is 2.68. The van der Waals surface area contributed by atoms with Crippen LogP contribution in [0.4, 0.5) is 10.1 Å². The second-order valence-corrected chi connectivity index (χ2v) is 5.12. The first-order valence-corrected chi connectivity index (χ1v) is 7.32. The minimum atomic E-state index is -0.551. The molecule has 1 N–H and O–H groups in total. The smallest absolute Gasteiger partial charge is 0.223 e. The van der Waals surface area contributed by atoms with E-state index in [2.05, 4.69) is 5.32 Å². The number of rotatable bonds is 8. The zero-order chi connectivity index (χ0) is 16.5. The van der Waals surface area contributed by atoms with E-state index in [1.165, 1.54) is 30.0 Å². The number of ether oxygens (including phenoxy) is 1. The van der Waals surface area contributed by atoms with Crippen LogP contribution in [-0.2, 0) is 14.3 Å². The van der Waals surface area contributed by atoms with Crippen molar-refractivity contribution in [1.82, 2.24) is 5.32 Å². The largest absolute Gasteiger partial charge is 0.385 e. The highest BCUT2D eigenvalue weighted by Crippen LogP contribution is 2.23. The predicted molar refractivity (Wildman–Crippen MR) is 83.6 cm³/mol. The van der Waals surface area contributed by atoms with Gasteiger partial charge >= 0.3 is 0 Å². The van der Waals surface area contributed by atoms with Crippen molar-refractivity contribution in [1.29, 1.82) is 0 Å². The average molecular weight is 331 g/mol. The summed E-state index contributed by atoms with van der Waals surface area (Å²) in [5.74, 6) is -0.949. The summed E-state index contributed by atoms with van der Waals surface area (Å²) < 4.78 is 18.1. The van der Waals surface area contributed by atoms with Crippen LogP contribution >= 0.6 is 11.6 Å². The monoisotopic (exact) mass is 330 g/mol. The molecule has 0 aromatic heterocycles. The summed E-state index contributed by atoms with van der Waals surface area (Å²) in [6, 6.07) is 4.02. The molecule has 22 heavy (non-hydrogen) atoms. The molecule has 5 nitrogen and oxygen atoms in total. The van der Waals surface area contributed by atoms with Crippen molar-refractivity contribution >= 4 is 29.1 Å². The summed E-state index contributed by atoms with van der Waals surface area (Å²) >= 11 is 5.72. The molecule has 1 aromatic rings. The SMILES string of the molecule is COCCCNC(=O)CCN(C(C)=O)c1ccc(F)c(Cl)c1. The van der Waals surface area contributed by atoms with Crippen molar-refractivity contribution in [2.45, 2.75) is 19.8 Å². The number of methoxy groups -OCH3 is 1. The molecule has 0 radical (unpaired) electrons. The van der Waals surface area contributed by atoms with Gasteiger partial charge in [-0.2, -0.15) is 0 Å². The molecule has 0 heterocycles. The van der Waals surface area contributed by atoms with Crippen LogP contribution < -0.4 is 10.2 Å². The number of nitrogens with zero attached hydrogens (tertiary/aromatic N) is 1. The molecule has 0 unspecified atom stereocenters. The number of anilines is 1. The van der Waals surface area contributed by atoms with Gasteiger partial charge < -0.3 is 15.0 Å². The Bertz CT molecular complexity index is 526. The first kappa shape index (κ1) is 18.4. The Morgan fingerprint density at radius 2 is 2.14 bits per heavy atom. The first-order chi connectivity index (χ1) is 10.5. The topological polar surface area (TPSA) is 58.6 Å². The van der Waals surface area contributed by atoms with Crippen LogP contribution in [-0.4, -0.2) is 38.6 Å². The van der Waals surface area contributed by atoms with Gasteiger partial charge in [0.15, 0.2) is 0 Å². The molecule has 0 aliphatic rings. The van der Waals surface area contributed by atoms with Gasteiger partial charge in [-0.3, -0.25) is 9.59 Å². The van der Waals surface area contributed by atoms with Crippen molar-refractivity contribution in [2.24, 2.45) is 0 Å². The summed E-state index contributed by atoms with van der Waals surface area (Å²) in [4.78, 5) is 24.8. The Kier molecular flexibility index (Phi) is 7.84. The highest BCUT2D eigenvalue weighted by molar-refractivity contribution is 6.31. The van der Waals surface area contributed by atoms with Crippen LogP contribution in [0.2, 0.25) is 5.02 Å². The zero-order valence-corrected chi connectivity index (χ0v) is 13.5. The second-order valence-electron chi connectivity index (χ2n) is 4.72. The summed E-state index contributed by atoms with van der Waals surface area (Å²) in [7, 11) is 1.60. The number of hydrogen-bond donors (Lipinski definition) is 1. The van der Waals surface area contributed by atoms with Crippen LogP contribution in [0.15, 0.2) is 18.2 Å². The van der Waals surface area contributed by atoms with E-state index in [-0.39, 0.29) is 29.8 Å². The first-order valence-electron chi connectivity index (χ1n) is 6.94. The summed E-state index contributed by atoms with van der Waals surface area (Å²) in [6.07, 6.45) is 0.883. The molecule has 0 saturated carbocycles. The summed E-state index contributed by atoms with van der Waals surface area (Å²) in [5.41, 5.74) is 0.464. The van der Waals surface area contributed by atoms with E-state index in [1.54, 1.807) is 7.11 Å². The highest BCUT2D eigenvalue weighted by atomic mass is 35.5. The Balaban J connectivity index is 2.56. The van der Waals surface area contributed by atoms with E-state index >= 15 is 0 Å². The maximum absolute atomic E-state index is 13.2. The molecule has 7 heteroatoms. The van der Waals surface area contributed by atoms with Gasteiger partial charge in [0, 0.05) is 45.8 Å². The average Bonchev–Trinajstić information content (AvgIpc) is 2.47. The Labute approximate surface area is 134 Å². The van der Waals surface area contributed by atoms with Gasteiger partial charge in [0.05, 0.1) is 5.02 Å². The number of amides is 2. The third-order valence-corrected chi connectivity index (χ3v) is 3.29. The van der Waals surface area contributed by atoms with Gasteiger partial charge in [0.2, 0.25) is 11.8 Å². The second kappa shape index (κ2) is 9.38. The number of nitrogens with one attached hydrogen (secondary N) is 1. The molecular weight excluding hydrogens is 311 g/mol. The quantitative estimate of drug-likeness (QED) is 0.744. The molecule has 0 spiro atoms. The molecule has 0 atom stereocenters. The van der Waals surface area contributed by atoms with Crippen molar-refractivity contribution in [3.63, 3.8) is 0 Å². The Hall–Kier alpha value is -1.66. The molecule has 1 rings (SSSR count). The molecule has 0 aliphatic heterocycles. The fourth-order valence-corrected chi connectivity index (χ4v) is 2.04. The fraction of sp³-hybridized carbons (Fsp3) is 0.467. The minimum Gasteiger partial charge on any atom is -0.385 e. The van der Waals surface area contributed by atoms with E-state index in [9.17, 15) is 14.0 Å². The van der Waals surface area contributed by atoms with Gasteiger partial charge in [-0.1, -0.05) is 11.6 Å². The Morgan fingerprint density at radius 1 is 1.41 bits per heavy atom. The van der Waals surface area contributed by atoms with Crippen LogP contribution in [0.5, 0.6) is 0 Å². The van der Waals surface area contributed by atoms with Crippen LogP contribution in [0.1, 0.15) is 19.8 Å². The lowest BCUT2D eigenvalue weighted by molar-refractivity contribution is -0.121. The Morgan fingerprint density at radius 3 is 2.73 bits per heavy atom. The van der Waals surface area contributed by atoms with Crippen molar-refractivity contribution in [3.05, 3.63) is 29.0 Å². The highest BCUT2D eigenvalue weighted by Gasteiger charge is 2.14. The fourth-order valence-electron chi connectivity index (χ4n) is 1.87. The van der Waals surface area contributed by atoms with Crippen molar-refractivity contribution in [3.8, 4) is 0 Å². The predicted octanol–water partition coefficient (Wildman–Crippen LogP) is 2.37. The van der Waals surface area contributed by atoms with E-state index < -0.39 is 5.82 Å². The van der Waals surface area contributed by atoms with E-state index in [0.29, 0.717) is 18.8 Å². The van der Waals surface area contributed by atoms with E-state index in [1.807, 2.05) is 0 Å². The zero-order valence-electron chi connectivity index (χ0n) is 12.7. The summed E-state index contributed by atoms with van der Waals surface area (Å²) in [6.45, 7) is 2.68. The number of carbonyl (C=O) groups is 2. The number of benzene rings is 1. The molecular formula is C15H20ClFN2O3. The number of carbonyl (C=O) groups excluding carboxylic acids is 2. The molecule has 0 fully saturated rings. The van der Waals surface area contributed by atoms with Crippen LogP contribution in [0.25, 0.3) is 0 Å². The standard InChI is InChI=1S/C15H20ClFN2O3/c1-11(20)19(12-4-5-14(17)13(16)10-12)8-6-15(21)18-7-3-9-22-2/h4-5,10H,3,6-9H2,1-2H3,(H,18,21). The maximum atomic E-state index is 13.2. The molecule has 0 bridgehead atoms. The molecule has 0 saturated heterocycles. The van der Waals surface area contributed by atoms with Crippen molar-refractivity contribution in [2.75, 3.05) is 31.7 Å². The molecule has 0 aliphatic carbocycles. The molecule has 2 amide bonds. The number of hydrogen-bond acceptors (Lipinski definition) is 3. The van der Waals surface area contributed by atoms with E-state index in [0.717, 1.165) is 6.42 Å². The third kappa shape index (κ3) is 5.99. The van der Waals surface area contributed by atoms with Gasteiger partial charge in [-0.15, -0.1) is 0 Å². The van der Waals surface area contributed by atoms with Crippen LogP contribution in [0, 0.1) is 5.82 Å². The normalized spacial score (nSPS) is 10.4. The van der Waals surface area contributed by atoms with Gasteiger partial charge in [-0.25, -0.2) is 4.39 Å².